The van der Waals surface area contributed by atoms with Gasteiger partial charge in [-0.1, -0.05) is 6.07 Å². The van der Waals surface area contributed by atoms with E-state index in [1.807, 2.05) is 0 Å². The summed E-state index contributed by atoms with van der Waals surface area (Å²) >= 11 is 0. The van der Waals surface area contributed by atoms with Crippen molar-refractivity contribution in [1.29, 1.82) is 0 Å². The number of nitrogens with zero attached hydrogens (tertiary/aromatic N) is 5. The molecule has 0 saturated heterocycles. The molecule has 0 fully saturated rings. The molecule has 8 heteroatoms. The van der Waals surface area contributed by atoms with Gasteiger partial charge in [0.25, 0.3) is 0 Å². The summed E-state index contributed by atoms with van der Waals surface area (Å²) in [5.74, 6) is -0.693. The summed E-state index contributed by atoms with van der Waals surface area (Å²) in [4.78, 5) is 3.95. The van der Waals surface area contributed by atoms with E-state index < -0.39 is 11.6 Å². The number of nitrogens with one attached hydrogen (secondary N) is 1. The number of hydrogen-bond donors (Lipinski definition) is 1. The number of hydrogen-bond acceptors (Lipinski definition) is 5. The number of fused-ring (bicyclic) bond motifs is 1. The second kappa shape index (κ2) is 4.56. The van der Waals surface area contributed by atoms with Gasteiger partial charge in [0.2, 0.25) is 0 Å². The van der Waals surface area contributed by atoms with Crippen molar-refractivity contribution in [2.75, 3.05) is 5.32 Å². The maximum Gasteiger partial charge on any atom is 0.199 e. The van der Waals surface area contributed by atoms with E-state index in [0.717, 1.165) is 6.07 Å². The predicted molar refractivity (Wildman–Crippen MR) is 62.3 cm³/mol. The fraction of sp³-hybridized carbons (Fsp3) is 0.0909. The van der Waals surface area contributed by atoms with Gasteiger partial charge in [-0.25, -0.2) is 8.78 Å². The molecule has 0 bridgehead atoms. The lowest BCUT2D eigenvalue weighted by Crippen LogP contribution is -2.07. The number of halogens is 2. The van der Waals surface area contributed by atoms with Crippen LogP contribution in [0, 0.1) is 11.6 Å². The molecule has 0 unspecified atom stereocenters. The molecule has 2 heterocycles. The van der Waals surface area contributed by atoms with Gasteiger partial charge in [-0.05, 0) is 16.5 Å². The van der Waals surface area contributed by atoms with Crippen LogP contribution in [-0.4, -0.2) is 25.0 Å². The third-order valence-electron chi connectivity index (χ3n) is 2.58. The van der Waals surface area contributed by atoms with Crippen LogP contribution in [-0.2, 0) is 6.54 Å². The van der Waals surface area contributed by atoms with Crippen LogP contribution in [0.2, 0.25) is 0 Å². The first-order valence-electron chi connectivity index (χ1n) is 5.44. The van der Waals surface area contributed by atoms with Gasteiger partial charge in [-0.3, -0.25) is 4.98 Å². The molecule has 3 rings (SSSR count). The lowest BCUT2D eigenvalue weighted by molar-refractivity contribution is 0.574. The SMILES string of the molecule is Fc1ccc(CNc2cncc3nnnn23)c(F)c1. The molecular weight excluding hydrogens is 254 g/mol. The Hall–Kier alpha value is -2.64. The molecule has 3 aromatic rings. The number of aromatic nitrogens is 5. The smallest absolute Gasteiger partial charge is 0.199 e. The summed E-state index contributed by atoms with van der Waals surface area (Å²) in [6.07, 6.45) is 3.02. The predicted octanol–water partition coefficient (Wildman–Crippen LogP) is 1.41. The Morgan fingerprint density at radius 1 is 1.21 bits per heavy atom. The summed E-state index contributed by atoms with van der Waals surface area (Å²) in [5.41, 5.74) is 0.816. The van der Waals surface area contributed by atoms with E-state index in [0.29, 0.717) is 17.0 Å². The number of rotatable bonds is 3. The highest BCUT2D eigenvalue weighted by Crippen LogP contribution is 2.12. The number of anilines is 1. The topological polar surface area (TPSA) is 68.0 Å². The van der Waals surface area contributed by atoms with Gasteiger partial charge < -0.3 is 5.32 Å². The molecule has 0 aliphatic heterocycles. The monoisotopic (exact) mass is 262 g/mol. The summed E-state index contributed by atoms with van der Waals surface area (Å²) in [6.45, 7) is 0.173. The molecule has 0 aliphatic carbocycles. The van der Waals surface area contributed by atoms with Crippen molar-refractivity contribution in [1.82, 2.24) is 25.0 Å². The Morgan fingerprint density at radius 3 is 2.95 bits per heavy atom. The van der Waals surface area contributed by atoms with Crippen LogP contribution in [0.5, 0.6) is 0 Å². The quantitative estimate of drug-likeness (QED) is 0.773. The Balaban J connectivity index is 1.84. The molecule has 0 aliphatic rings. The summed E-state index contributed by atoms with van der Waals surface area (Å²) in [6, 6.07) is 3.42. The minimum absolute atomic E-state index is 0.173. The van der Waals surface area contributed by atoms with Gasteiger partial charge in [0, 0.05) is 18.2 Å². The first-order valence-corrected chi connectivity index (χ1v) is 5.44. The third-order valence-corrected chi connectivity index (χ3v) is 2.58. The molecule has 6 nitrogen and oxygen atoms in total. The second-order valence-corrected chi connectivity index (χ2v) is 3.83. The van der Waals surface area contributed by atoms with Crippen molar-refractivity contribution < 1.29 is 8.78 Å². The Morgan fingerprint density at radius 2 is 2.11 bits per heavy atom. The van der Waals surface area contributed by atoms with Crippen molar-refractivity contribution in [2.45, 2.75) is 6.54 Å². The van der Waals surface area contributed by atoms with Gasteiger partial charge in [0.1, 0.15) is 11.6 Å². The normalized spacial score (nSPS) is 10.8. The summed E-state index contributed by atoms with van der Waals surface area (Å²) in [7, 11) is 0. The largest absolute Gasteiger partial charge is 0.364 e. The minimum Gasteiger partial charge on any atom is -0.364 e. The van der Waals surface area contributed by atoms with Crippen molar-refractivity contribution in [3.8, 4) is 0 Å². The van der Waals surface area contributed by atoms with Crippen LogP contribution < -0.4 is 5.32 Å². The maximum atomic E-state index is 13.5. The van der Waals surface area contributed by atoms with Gasteiger partial charge in [0.15, 0.2) is 11.5 Å². The van der Waals surface area contributed by atoms with E-state index in [4.69, 9.17) is 0 Å². The standard InChI is InChI=1S/C11H8F2N6/c12-8-2-1-7(9(13)3-8)4-15-10-5-14-6-11-16-17-18-19(10)11/h1-3,5-6,15H,4H2. The average molecular weight is 262 g/mol. The molecular formula is C11H8F2N6. The average Bonchev–Trinajstić information content (AvgIpc) is 2.86. The zero-order valence-electron chi connectivity index (χ0n) is 9.59. The van der Waals surface area contributed by atoms with Gasteiger partial charge in [0.05, 0.1) is 12.4 Å². The summed E-state index contributed by atoms with van der Waals surface area (Å²) < 4.78 is 27.7. The number of tetrazole rings is 1. The molecule has 2 aromatic heterocycles. The van der Waals surface area contributed by atoms with Crippen LogP contribution in [0.3, 0.4) is 0 Å². The molecule has 0 atom stereocenters. The van der Waals surface area contributed by atoms with E-state index >= 15 is 0 Å². The Labute approximate surface area is 106 Å². The lowest BCUT2D eigenvalue weighted by Gasteiger charge is -2.07. The Kier molecular flexibility index (Phi) is 2.75. The minimum atomic E-state index is -0.607. The van der Waals surface area contributed by atoms with Crippen LogP contribution in [0.4, 0.5) is 14.6 Å². The van der Waals surface area contributed by atoms with Crippen molar-refractivity contribution >= 4 is 11.5 Å². The van der Waals surface area contributed by atoms with Gasteiger partial charge in [-0.15, -0.1) is 5.10 Å². The van der Waals surface area contributed by atoms with Crippen LogP contribution >= 0.6 is 0 Å². The van der Waals surface area contributed by atoms with E-state index in [9.17, 15) is 8.78 Å². The molecule has 0 amide bonds. The zero-order chi connectivity index (χ0) is 13.2. The van der Waals surface area contributed by atoms with Crippen molar-refractivity contribution in [3.63, 3.8) is 0 Å². The highest BCUT2D eigenvalue weighted by molar-refractivity contribution is 5.44. The Bertz CT molecular complexity index is 726. The van der Waals surface area contributed by atoms with Crippen molar-refractivity contribution in [3.05, 3.63) is 47.8 Å². The third kappa shape index (κ3) is 2.19. The lowest BCUT2D eigenvalue weighted by atomic mass is 10.2. The fourth-order valence-electron chi connectivity index (χ4n) is 1.65. The molecule has 19 heavy (non-hydrogen) atoms. The zero-order valence-corrected chi connectivity index (χ0v) is 9.59. The highest BCUT2D eigenvalue weighted by Gasteiger charge is 2.06. The first kappa shape index (κ1) is 11.5. The second-order valence-electron chi connectivity index (χ2n) is 3.83. The fourth-order valence-corrected chi connectivity index (χ4v) is 1.65. The van der Waals surface area contributed by atoms with Crippen LogP contribution in [0.25, 0.3) is 5.65 Å². The van der Waals surface area contributed by atoms with Crippen molar-refractivity contribution in [2.24, 2.45) is 0 Å². The molecule has 1 aromatic carbocycles. The van der Waals surface area contributed by atoms with E-state index in [2.05, 4.69) is 25.8 Å². The molecule has 0 spiro atoms. The number of benzene rings is 1. The van der Waals surface area contributed by atoms with Gasteiger partial charge >= 0.3 is 0 Å². The summed E-state index contributed by atoms with van der Waals surface area (Å²) in [5, 5.41) is 14.0. The first-order chi connectivity index (χ1) is 9.24. The van der Waals surface area contributed by atoms with E-state index in [-0.39, 0.29) is 6.54 Å². The molecule has 96 valence electrons. The highest BCUT2D eigenvalue weighted by atomic mass is 19.1. The van der Waals surface area contributed by atoms with E-state index in [1.165, 1.54) is 29.0 Å². The van der Waals surface area contributed by atoms with Gasteiger partial charge in [-0.2, -0.15) is 4.52 Å². The molecule has 1 N–H and O–H groups in total. The van der Waals surface area contributed by atoms with E-state index in [1.54, 1.807) is 0 Å². The van der Waals surface area contributed by atoms with Crippen LogP contribution in [0.1, 0.15) is 5.56 Å². The maximum absolute atomic E-state index is 13.5. The molecule has 0 radical (unpaired) electrons. The van der Waals surface area contributed by atoms with Crippen LogP contribution in [0.15, 0.2) is 30.6 Å². The molecule has 0 saturated carbocycles.